The first-order valence-electron chi connectivity index (χ1n) is 23.9. The predicted molar refractivity (Wildman–Crippen MR) is 271 cm³/mol. The summed E-state index contributed by atoms with van der Waals surface area (Å²) in [4.78, 5) is 5.43. The zero-order chi connectivity index (χ0) is 44.2. The summed E-state index contributed by atoms with van der Waals surface area (Å²) in [6.45, 7) is 24.2. The van der Waals surface area contributed by atoms with Gasteiger partial charge in [0.25, 0.3) is 0 Å². The lowest BCUT2D eigenvalue weighted by Gasteiger charge is -2.50. The van der Waals surface area contributed by atoms with Gasteiger partial charge in [-0.3, -0.25) is 0 Å². The Kier molecular flexibility index (Phi) is 8.35. The van der Waals surface area contributed by atoms with Crippen LogP contribution in [0, 0.1) is 13.8 Å². The van der Waals surface area contributed by atoms with E-state index in [-0.39, 0.29) is 40.6 Å². The average molecular weight is 837 g/mol. The molecule has 2 unspecified atom stereocenters. The maximum Gasteiger partial charge on any atom is 0.344 e. The minimum Gasteiger partial charge on any atom is -0.493 e. The Morgan fingerprint density at radius 2 is 1.14 bits per heavy atom. The van der Waals surface area contributed by atoms with Crippen molar-refractivity contribution in [1.82, 2.24) is 0 Å². The number of ether oxygens (including phenoxy) is 1. The van der Waals surface area contributed by atoms with E-state index in [0.717, 1.165) is 5.75 Å². The van der Waals surface area contributed by atoms with Gasteiger partial charge in [-0.15, -0.1) is 0 Å². The second-order valence-corrected chi connectivity index (χ2v) is 22.7. The van der Waals surface area contributed by atoms with Crippen molar-refractivity contribution in [3.8, 4) is 28.0 Å². The lowest BCUT2D eigenvalue weighted by molar-refractivity contribution is 0.278. The van der Waals surface area contributed by atoms with Crippen LogP contribution in [0.1, 0.15) is 126 Å². The van der Waals surface area contributed by atoms with Crippen LogP contribution in [0.4, 0.5) is 22.7 Å². The van der Waals surface area contributed by atoms with Crippen molar-refractivity contribution in [2.75, 3.05) is 9.71 Å². The highest BCUT2D eigenvalue weighted by Crippen LogP contribution is 2.59. The Labute approximate surface area is 381 Å². The van der Waals surface area contributed by atoms with Crippen molar-refractivity contribution >= 4 is 45.8 Å². The van der Waals surface area contributed by atoms with Crippen molar-refractivity contribution in [2.24, 2.45) is 0 Å². The summed E-state index contributed by atoms with van der Waals surface area (Å²) in [5.74, 6) is 1.05. The van der Waals surface area contributed by atoms with Crippen LogP contribution in [0.2, 0.25) is 0 Å². The summed E-state index contributed by atoms with van der Waals surface area (Å²) in [6.07, 6.45) is 4.71. The van der Waals surface area contributed by atoms with Crippen molar-refractivity contribution in [3.05, 3.63) is 166 Å². The van der Waals surface area contributed by atoms with E-state index >= 15 is 0 Å². The van der Waals surface area contributed by atoms with Crippen LogP contribution in [0.3, 0.4) is 0 Å². The summed E-state index contributed by atoms with van der Waals surface area (Å²) in [7, 11) is 0. The topological polar surface area (TPSA) is 15.7 Å². The smallest absolute Gasteiger partial charge is 0.344 e. The molecule has 0 fully saturated rings. The van der Waals surface area contributed by atoms with Crippen molar-refractivity contribution < 1.29 is 4.74 Å². The molecule has 64 heavy (non-hydrogen) atoms. The maximum atomic E-state index is 7.76. The van der Waals surface area contributed by atoms with Crippen molar-refractivity contribution in [1.29, 1.82) is 0 Å². The quantitative estimate of drug-likeness (QED) is 0.165. The number of benzene rings is 7. The number of aryl methyl sites for hydroxylation is 2. The third-order valence-electron chi connectivity index (χ3n) is 16.7. The molecule has 3 heterocycles. The molecule has 0 bridgehead atoms. The third kappa shape index (κ3) is 5.66. The lowest BCUT2D eigenvalue weighted by Crippen LogP contribution is -2.65. The fraction of sp³-hybridized carbons (Fsp3) is 0.333. The molecule has 0 saturated heterocycles. The Balaban J connectivity index is 1.17. The molecule has 5 aliphatic rings. The molecular formula is C60H61BN2O. The van der Waals surface area contributed by atoms with E-state index in [0.29, 0.717) is 0 Å². The van der Waals surface area contributed by atoms with Gasteiger partial charge in [0.05, 0.1) is 6.04 Å². The van der Waals surface area contributed by atoms with Gasteiger partial charge >= 0.3 is 6.85 Å². The van der Waals surface area contributed by atoms with Crippen LogP contribution in [0.25, 0.3) is 33.0 Å². The molecule has 0 radical (unpaired) electrons. The summed E-state index contributed by atoms with van der Waals surface area (Å²) >= 11 is 0. The van der Waals surface area contributed by atoms with Gasteiger partial charge in [0.1, 0.15) is 11.8 Å². The summed E-state index contributed by atoms with van der Waals surface area (Å²) < 4.78 is 7.76. The molecule has 320 valence electrons. The third-order valence-corrected chi connectivity index (χ3v) is 16.7. The molecule has 4 heteroatoms. The van der Waals surface area contributed by atoms with E-state index in [9.17, 15) is 0 Å². The zero-order valence-electron chi connectivity index (χ0n) is 39.5. The molecule has 3 aliphatic heterocycles. The molecule has 2 atom stereocenters. The first-order valence-corrected chi connectivity index (χ1v) is 23.9. The van der Waals surface area contributed by atoms with Crippen molar-refractivity contribution in [2.45, 2.75) is 129 Å². The van der Waals surface area contributed by atoms with Gasteiger partial charge in [-0.05, 0) is 170 Å². The second-order valence-electron chi connectivity index (χ2n) is 22.7. The van der Waals surface area contributed by atoms with Crippen LogP contribution in [0.5, 0.6) is 5.75 Å². The fourth-order valence-electron chi connectivity index (χ4n) is 12.8. The van der Waals surface area contributed by atoms with Crippen molar-refractivity contribution in [3.63, 3.8) is 0 Å². The number of anilines is 4. The summed E-state index contributed by atoms with van der Waals surface area (Å²) in [5.41, 5.74) is 21.7. The Bertz CT molecular complexity index is 3080. The monoisotopic (exact) mass is 836 g/mol. The average Bonchev–Trinajstić information content (AvgIpc) is 3.65. The first-order chi connectivity index (χ1) is 30.5. The predicted octanol–water partition coefficient (Wildman–Crippen LogP) is 15.0. The van der Waals surface area contributed by atoms with Gasteiger partial charge in [0, 0.05) is 33.9 Å². The second kappa shape index (κ2) is 13.4. The SMILES string of the molecule is Cc1cc2c3c(c1)N(c1cc4c(cc1C)C(C)(C)CCC4(C)C)C1c4cc5c(cc4OC1B3N(c1ccc(-c3ccccc3)cc1)c1ccc3ccccc3c1-2)C(C)(C)CCC5(C)C. The van der Waals surface area contributed by atoms with E-state index in [1.807, 2.05) is 0 Å². The molecule has 2 aliphatic carbocycles. The van der Waals surface area contributed by atoms with E-state index in [4.69, 9.17) is 4.74 Å². The largest absolute Gasteiger partial charge is 0.493 e. The summed E-state index contributed by atoms with van der Waals surface area (Å²) in [5, 5.41) is 2.54. The van der Waals surface area contributed by atoms with Gasteiger partial charge in [0.15, 0.2) is 0 Å². The molecule has 0 N–H and O–H groups in total. The maximum absolute atomic E-state index is 7.76. The number of nitrogens with zero attached hydrogens (tertiary/aromatic N) is 2. The molecule has 3 nitrogen and oxygen atoms in total. The normalized spacial score (nSPS) is 21.2. The molecule has 0 spiro atoms. The first kappa shape index (κ1) is 39.8. The highest BCUT2D eigenvalue weighted by Gasteiger charge is 2.58. The Hall–Kier alpha value is -5.74. The van der Waals surface area contributed by atoms with E-state index in [2.05, 4.69) is 206 Å². The van der Waals surface area contributed by atoms with Gasteiger partial charge in [-0.2, -0.15) is 0 Å². The molecule has 12 rings (SSSR count). The molecule has 0 amide bonds. The van der Waals surface area contributed by atoms with Crippen LogP contribution < -0.4 is 19.9 Å². The fourth-order valence-corrected chi connectivity index (χ4v) is 12.8. The standard InChI is InChI=1S/C60H61BN2O/c1-36-30-44-53-42-19-15-14-18-40(42)22-25-49(53)63(41-23-20-39(21-24-41)38-16-12-11-13-17-38)61-54(44)51(31-36)62(50-34-47-45(32-37(50)2)57(3,4)26-28-59(47,7)8)55-43-33-46-48(35-52(43)64-56(55)61)60(9,10)29-27-58(46,5)6/h11-25,30-35,55-56H,26-29H2,1-10H3. The van der Waals surface area contributed by atoms with E-state index in [1.54, 1.807) is 0 Å². The number of rotatable bonds is 3. The minimum atomic E-state index is -0.202. The van der Waals surface area contributed by atoms with Gasteiger partial charge in [-0.1, -0.05) is 140 Å². The van der Waals surface area contributed by atoms with Crippen LogP contribution in [0.15, 0.2) is 127 Å². The molecular weight excluding hydrogens is 775 g/mol. The minimum absolute atomic E-state index is 0.0575. The Morgan fingerprint density at radius 3 is 1.83 bits per heavy atom. The highest BCUT2D eigenvalue weighted by atomic mass is 16.5. The lowest BCUT2D eigenvalue weighted by atomic mass is 9.42. The van der Waals surface area contributed by atoms with Crippen LogP contribution in [-0.4, -0.2) is 12.9 Å². The van der Waals surface area contributed by atoms with Crippen LogP contribution in [-0.2, 0) is 21.7 Å². The Morgan fingerprint density at radius 1 is 0.547 bits per heavy atom. The van der Waals surface area contributed by atoms with Gasteiger partial charge in [0.2, 0.25) is 0 Å². The van der Waals surface area contributed by atoms with Gasteiger partial charge < -0.3 is 14.4 Å². The van der Waals surface area contributed by atoms with E-state index in [1.165, 1.54) is 126 Å². The molecule has 0 saturated carbocycles. The van der Waals surface area contributed by atoms with Crippen LogP contribution >= 0.6 is 0 Å². The number of hydrogen-bond donors (Lipinski definition) is 0. The highest BCUT2D eigenvalue weighted by molar-refractivity contribution is 6.83. The summed E-state index contributed by atoms with van der Waals surface area (Å²) in [6, 6.07) is 48.8. The number of fused-ring (bicyclic) bond motifs is 10. The molecule has 7 aromatic carbocycles. The number of hydrogen-bond acceptors (Lipinski definition) is 3. The molecule has 7 aromatic rings. The zero-order valence-corrected chi connectivity index (χ0v) is 39.5. The molecule has 0 aromatic heterocycles. The van der Waals surface area contributed by atoms with Gasteiger partial charge in [-0.25, -0.2) is 0 Å². The van der Waals surface area contributed by atoms with E-state index < -0.39 is 0 Å².